The lowest BCUT2D eigenvalue weighted by Gasteiger charge is -2.21. The van der Waals surface area contributed by atoms with Crippen LogP contribution in [0.1, 0.15) is 43.9 Å². The van der Waals surface area contributed by atoms with Crippen LogP contribution in [0.4, 0.5) is 5.95 Å². The third-order valence-corrected chi connectivity index (χ3v) is 5.20. The maximum Gasteiger partial charge on any atom is 0.222 e. The number of hydrogen-bond acceptors (Lipinski definition) is 4. The van der Waals surface area contributed by atoms with E-state index in [1.54, 1.807) is 0 Å². The van der Waals surface area contributed by atoms with E-state index in [0.717, 1.165) is 30.7 Å². The Balaban J connectivity index is 1.48. The van der Waals surface area contributed by atoms with E-state index in [0.29, 0.717) is 12.0 Å². The number of nitrogens with one attached hydrogen (secondary N) is 1. The Bertz CT molecular complexity index is 509. The fourth-order valence-electron chi connectivity index (χ4n) is 3.68. The van der Waals surface area contributed by atoms with Crippen molar-refractivity contribution in [2.24, 2.45) is 11.8 Å². The van der Waals surface area contributed by atoms with Crippen molar-refractivity contribution in [3.63, 3.8) is 0 Å². The Labute approximate surface area is 121 Å². The molecule has 0 unspecified atom stereocenters. The van der Waals surface area contributed by atoms with Gasteiger partial charge in [-0.25, -0.2) is 9.97 Å². The fraction of sp³-hybridized carbons (Fsp3) is 0.750. The van der Waals surface area contributed by atoms with Crippen molar-refractivity contribution in [3.05, 3.63) is 17.5 Å². The van der Waals surface area contributed by atoms with Gasteiger partial charge < -0.3 is 10.2 Å². The van der Waals surface area contributed by atoms with Crippen LogP contribution in [0.5, 0.6) is 0 Å². The van der Waals surface area contributed by atoms with Crippen LogP contribution in [-0.4, -0.2) is 40.5 Å². The first-order valence-electron chi connectivity index (χ1n) is 8.04. The van der Waals surface area contributed by atoms with Crippen molar-refractivity contribution in [2.45, 2.75) is 45.1 Å². The molecular weight excluding hydrogens is 248 g/mol. The quantitative estimate of drug-likeness (QED) is 0.913. The summed E-state index contributed by atoms with van der Waals surface area (Å²) in [7, 11) is 0. The van der Waals surface area contributed by atoms with Crippen molar-refractivity contribution >= 4 is 5.95 Å². The summed E-state index contributed by atoms with van der Waals surface area (Å²) in [4.78, 5) is 11.9. The Hall–Kier alpha value is -1.16. The van der Waals surface area contributed by atoms with Gasteiger partial charge in [-0.2, -0.15) is 0 Å². The van der Waals surface area contributed by atoms with Gasteiger partial charge in [-0.15, -0.1) is 0 Å². The monoisotopic (exact) mass is 272 g/mol. The molecule has 1 saturated heterocycles. The molecule has 108 valence electrons. The third-order valence-electron chi connectivity index (χ3n) is 5.20. The molecule has 4 nitrogen and oxygen atoms in total. The van der Waals surface area contributed by atoms with Gasteiger partial charge in [-0.3, -0.25) is 0 Å². The molecule has 4 heteroatoms. The first kappa shape index (κ1) is 12.6. The van der Waals surface area contributed by atoms with Crippen molar-refractivity contribution in [1.29, 1.82) is 0 Å². The van der Waals surface area contributed by atoms with Gasteiger partial charge in [-0.05, 0) is 50.5 Å². The summed E-state index contributed by atoms with van der Waals surface area (Å²) in [5.41, 5.74) is 2.71. The van der Waals surface area contributed by atoms with E-state index in [4.69, 9.17) is 4.98 Å². The highest BCUT2D eigenvalue weighted by atomic mass is 15.2. The summed E-state index contributed by atoms with van der Waals surface area (Å²) in [5, 5.41) is 3.40. The molecule has 20 heavy (non-hydrogen) atoms. The number of likely N-dealkylation sites (tertiary alicyclic amines) is 1. The second-order valence-corrected chi connectivity index (χ2v) is 7.04. The smallest absolute Gasteiger partial charge is 0.222 e. The van der Waals surface area contributed by atoms with Crippen LogP contribution >= 0.6 is 0 Å². The molecule has 3 aliphatic rings. The standard InChI is InChI=1S/C16H24N4/c1-10(2)20-8-12-5-15-13(14(12)9-20)7-18-16(19-15)17-6-11-3-4-11/h7,10-12,14H,3-6,8-9H2,1-2H3,(H,17,18,19)/t12-,14+/m1/s1. The lowest BCUT2D eigenvalue weighted by atomic mass is 9.98. The maximum atomic E-state index is 4.76. The maximum absolute atomic E-state index is 4.76. The molecule has 2 fully saturated rings. The molecule has 1 aliphatic heterocycles. The molecule has 0 amide bonds. The number of rotatable bonds is 4. The highest BCUT2D eigenvalue weighted by Gasteiger charge is 2.41. The largest absolute Gasteiger partial charge is 0.354 e. The predicted molar refractivity (Wildman–Crippen MR) is 79.9 cm³/mol. The minimum Gasteiger partial charge on any atom is -0.354 e. The molecule has 4 rings (SSSR count). The van der Waals surface area contributed by atoms with Crippen LogP contribution in [0, 0.1) is 11.8 Å². The van der Waals surface area contributed by atoms with Crippen molar-refractivity contribution < 1.29 is 0 Å². The molecule has 1 saturated carbocycles. The number of nitrogens with zero attached hydrogens (tertiary/aromatic N) is 3. The first-order chi connectivity index (χ1) is 9.70. The minimum absolute atomic E-state index is 0.657. The number of hydrogen-bond donors (Lipinski definition) is 1. The Morgan fingerprint density at radius 2 is 2.20 bits per heavy atom. The van der Waals surface area contributed by atoms with Gasteiger partial charge in [0.25, 0.3) is 0 Å². The normalized spacial score (nSPS) is 28.8. The summed E-state index contributed by atoms with van der Waals surface area (Å²) < 4.78 is 0. The zero-order chi connectivity index (χ0) is 13.7. The highest BCUT2D eigenvalue weighted by molar-refractivity contribution is 5.37. The Kier molecular flexibility index (Phi) is 2.95. The predicted octanol–water partition coefficient (Wildman–Crippen LogP) is 2.28. The summed E-state index contributed by atoms with van der Waals surface area (Å²) in [6.07, 6.45) is 5.97. The van der Waals surface area contributed by atoms with Gasteiger partial charge in [0.15, 0.2) is 0 Å². The molecule has 1 aromatic rings. The van der Waals surface area contributed by atoms with E-state index in [1.165, 1.54) is 37.2 Å². The van der Waals surface area contributed by atoms with Crippen molar-refractivity contribution in [2.75, 3.05) is 25.0 Å². The topological polar surface area (TPSA) is 41.1 Å². The van der Waals surface area contributed by atoms with Crippen LogP contribution in [0.3, 0.4) is 0 Å². The van der Waals surface area contributed by atoms with Crippen LogP contribution in [-0.2, 0) is 6.42 Å². The van der Waals surface area contributed by atoms with Gasteiger partial charge in [0.05, 0.1) is 0 Å². The van der Waals surface area contributed by atoms with E-state index in [-0.39, 0.29) is 0 Å². The van der Waals surface area contributed by atoms with Gasteiger partial charge >= 0.3 is 0 Å². The molecule has 0 aromatic carbocycles. The molecular formula is C16H24N4. The zero-order valence-corrected chi connectivity index (χ0v) is 12.5. The number of fused-ring (bicyclic) bond motifs is 3. The average molecular weight is 272 g/mol. The van der Waals surface area contributed by atoms with Gasteiger partial charge in [0.1, 0.15) is 0 Å². The molecule has 0 bridgehead atoms. The molecule has 1 aromatic heterocycles. The highest BCUT2D eigenvalue weighted by Crippen LogP contribution is 2.42. The third kappa shape index (κ3) is 2.20. The van der Waals surface area contributed by atoms with Gasteiger partial charge in [0, 0.05) is 43.5 Å². The summed E-state index contributed by atoms with van der Waals surface area (Å²) in [6, 6.07) is 0.657. The molecule has 2 heterocycles. The summed E-state index contributed by atoms with van der Waals surface area (Å²) >= 11 is 0. The fourth-order valence-corrected chi connectivity index (χ4v) is 3.68. The van der Waals surface area contributed by atoms with Gasteiger partial charge in [-0.1, -0.05) is 0 Å². The van der Waals surface area contributed by atoms with Crippen molar-refractivity contribution in [1.82, 2.24) is 14.9 Å². The lowest BCUT2D eigenvalue weighted by molar-refractivity contribution is 0.262. The molecule has 1 N–H and O–H groups in total. The van der Waals surface area contributed by atoms with Gasteiger partial charge in [0.2, 0.25) is 5.95 Å². The van der Waals surface area contributed by atoms with E-state index in [1.807, 2.05) is 0 Å². The molecule has 2 aliphatic carbocycles. The van der Waals surface area contributed by atoms with E-state index in [9.17, 15) is 0 Å². The van der Waals surface area contributed by atoms with E-state index >= 15 is 0 Å². The SMILES string of the molecule is CC(C)N1C[C@H]2Cc3nc(NCC4CC4)ncc3[C@H]2C1. The van der Waals surface area contributed by atoms with Crippen LogP contribution in [0.15, 0.2) is 6.20 Å². The van der Waals surface area contributed by atoms with Crippen LogP contribution in [0.2, 0.25) is 0 Å². The Morgan fingerprint density at radius 1 is 1.35 bits per heavy atom. The lowest BCUT2D eigenvalue weighted by Crippen LogP contribution is -2.29. The average Bonchev–Trinajstić information content (AvgIpc) is 3.06. The van der Waals surface area contributed by atoms with E-state index < -0.39 is 0 Å². The summed E-state index contributed by atoms with van der Waals surface area (Å²) in [6.45, 7) is 8.05. The molecule has 2 atom stereocenters. The summed E-state index contributed by atoms with van der Waals surface area (Å²) in [5.74, 6) is 3.15. The second kappa shape index (κ2) is 4.69. The minimum atomic E-state index is 0.657. The van der Waals surface area contributed by atoms with E-state index in [2.05, 4.69) is 35.2 Å². The van der Waals surface area contributed by atoms with Crippen LogP contribution in [0.25, 0.3) is 0 Å². The molecule has 0 radical (unpaired) electrons. The number of anilines is 1. The zero-order valence-electron chi connectivity index (χ0n) is 12.5. The first-order valence-corrected chi connectivity index (χ1v) is 8.04. The van der Waals surface area contributed by atoms with Crippen LogP contribution < -0.4 is 5.32 Å². The molecule has 0 spiro atoms. The second-order valence-electron chi connectivity index (χ2n) is 7.04. The van der Waals surface area contributed by atoms with Crippen molar-refractivity contribution in [3.8, 4) is 0 Å². The number of aromatic nitrogens is 2. The Morgan fingerprint density at radius 3 is 2.95 bits per heavy atom.